The summed E-state index contributed by atoms with van der Waals surface area (Å²) >= 11 is 0. The first-order chi connectivity index (χ1) is 10.8. The molecular formula is C20H28O2. The van der Waals surface area contributed by atoms with Gasteiger partial charge in [0.2, 0.25) is 0 Å². The van der Waals surface area contributed by atoms with Gasteiger partial charge in [0.1, 0.15) is 0 Å². The lowest BCUT2D eigenvalue weighted by Crippen LogP contribution is -2.40. The average molecular weight is 300 g/mol. The smallest absolute Gasteiger partial charge is 0.0901 e. The van der Waals surface area contributed by atoms with Crippen molar-refractivity contribution in [3.8, 4) is 0 Å². The maximum absolute atomic E-state index is 10.7. The second-order valence-corrected chi connectivity index (χ2v) is 6.20. The van der Waals surface area contributed by atoms with Crippen molar-refractivity contribution in [1.29, 1.82) is 0 Å². The van der Waals surface area contributed by atoms with Gasteiger partial charge in [-0.05, 0) is 24.3 Å². The van der Waals surface area contributed by atoms with Gasteiger partial charge in [-0.15, -0.1) is 13.2 Å². The van der Waals surface area contributed by atoms with Crippen LogP contribution in [0.2, 0.25) is 0 Å². The van der Waals surface area contributed by atoms with Crippen molar-refractivity contribution >= 4 is 0 Å². The summed E-state index contributed by atoms with van der Waals surface area (Å²) in [6.07, 6.45) is 8.84. The van der Waals surface area contributed by atoms with Crippen molar-refractivity contribution in [1.82, 2.24) is 0 Å². The van der Waals surface area contributed by atoms with Crippen molar-refractivity contribution in [3.05, 3.63) is 61.2 Å². The van der Waals surface area contributed by atoms with Crippen molar-refractivity contribution < 1.29 is 9.84 Å². The Balaban J connectivity index is 2.06. The molecule has 2 rings (SSSR count). The molecule has 0 unspecified atom stereocenters. The van der Waals surface area contributed by atoms with Crippen LogP contribution in [0.1, 0.15) is 37.7 Å². The van der Waals surface area contributed by atoms with Crippen LogP contribution in [0, 0.1) is 11.8 Å². The third-order valence-electron chi connectivity index (χ3n) is 4.68. The molecule has 22 heavy (non-hydrogen) atoms. The summed E-state index contributed by atoms with van der Waals surface area (Å²) in [5.41, 5.74) is 1.14. The summed E-state index contributed by atoms with van der Waals surface area (Å²) in [4.78, 5) is 0. The van der Waals surface area contributed by atoms with E-state index in [1.54, 1.807) is 12.2 Å². The molecule has 0 saturated heterocycles. The number of hydrogen-bond donors (Lipinski definition) is 1. The second-order valence-electron chi connectivity index (χ2n) is 6.20. The molecule has 0 spiro atoms. The molecule has 0 heterocycles. The number of hydrogen-bond acceptors (Lipinski definition) is 2. The van der Waals surface area contributed by atoms with Crippen LogP contribution in [0.25, 0.3) is 0 Å². The topological polar surface area (TPSA) is 29.5 Å². The molecule has 1 fully saturated rings. The lowest BCUT2D eigenvalue weighted by molar-refractivity contribution is -0.0916. The molecule has 1 aromatic rings. The minimum Gasteiger partial charge on any atom is -0.389 e. The summed E-state index contributed by atoms with van der Waals surface area (Å²) in [6, 6.07) is 10.1. The average Bonchev–Trinajstić information content (AvgIpc) is 2.58. The quantitative estimate of drug-likeness (QED) is 0.716. The van der Waals surface area contributed by atoms with Crippen LogP contribution in [0.4, 0.5) is 0 Å². The number of ether oxygens (including phenoxy) is 1. The third kappa shape index (κ3) is 4.56. The Labute approximate surface area is 134 Å². The monoisotopic (exact) mass is 300 g/mol. The summed E-state index contributed by atoms with van der Waals surface area (Å²) in [6.45, 7) is 8.17. The van der Waals surface area contributed by atoms with Crippen LogP contribution in [0.3, 0.4) is 0 Å². The predicted octanol–water partition coefficient (Wildman–Crippen LogP) is 4.50. The lowest BCUT2D eigenvalue weighted by atomic mass is 9.80. The first-order valence-electron chi connectivity index (χ1n) is 8.35. The van der Waals surface area contributed by atoms with Crippen LogP contribution < -0.4 is 0 Å². The molecule has 0 bridgehead atoms. The second kappa shape index (κ2) is 8.92. The molecule has 1 aromatic carbocycles. The zero-order valence-corrected chi connectivity index (χ0v) is 13.4. The Kier molecular flexibility index (Phi) is 6.88. The van der Waals surface area contributed by atoms with Gasteiger partial charge in [-0.3, -0.25) is 0 Å². The van der Waals surface area contributed by atoms with Crippen LogP contribution in [0.15, 0.2) is 55.6 Å². The molecule has 0 radical (unpaired) electrons. The molecule has 0 aromatic heterocycles. The maximum atomic E-state index is 10.7. The fourth-order valence-corrected chi connectivity index (χ4v) is 3.34. The Bertz CT molecular complexity index is 440. The molecule has 2 heteroatoms. The Morgan fingerprint density at radius 3 is 2.32 bits per heavy atom. The minimum atomic E-state index is -0.568. The lowest BCUT2D eigenvalue weighted by Gasteiger charge is -2.35. The molecular weight excluding hydrogens is 272 g/mol. The predicted molar refractivity (Wildman–Crippen MR) is 91.5 cm³/mol. The molecule has 0 aliphatic heterocycles. The van der Waals surface area contributed by atoms with E-state index in [0.29, 0.717) is 12.5 Å². The minimum absolute atomic E-state index is 0.123. The van der Waals surface area contributed by atoms with Crippen molar-refractivity contribution in [2.45, 2.75) is 50.9 Å². The molecule has 1 aliphatic rings. The van der Waals surface area contributed by atoms with Gasteiger partial charge in [0.25, 0.3) is 0 Å². The van der Waals surface area contributed by atoms with E-state index in [9.17, 15) is 5.11 Å². The molecule has 120 valence electrons. The van der Waals surface area contributed by atoms with E-state index in [-0.39, 0.29) is 12.0 Å². The van der Waals surface area contributed by atoms with E-state index in [4.69, 9.17) is 4.74 Å². The van der Waals surface area contributed by atoms with Gasteiger partial charge in [-0.2, -0.15) is 0 Å². The number of aliphatic hydroxyl groups excluding tert-OH is 1. The van der Waals surface area contributed by atoms with Crippen LogP contribution >= 0.6 is 0 Å². The highest BCUT2D eigenvalue weighted by Gasteiger charge is 2.33. The first kappa shape index (κ1) is 17.0. The van der Waals surface area contributed by atoms with E-state index >= 15 is 0 Å². The van der Waals surface area contributed by atoms with Gasteiger partial charge in [-0.25, -0.2) is 0 Å². The zero-order valence-electron chi connectivity index (χ0n) is 13.4. The van der Waals surface area contributed by atoms with Crippen molar-refractivity contribution in [2.75, 3.05) is 0 Å². The summed E-state index contributed by atoms with van der Waals surface area (Å²) < 4.78 is 6.17. The Morgan fingerprint density at radius 2 is 1.73 bits per heavy atom. The number of aliphatic hydroxyl groups is 1. The highest BCUT2D eigenvalue weighted by molar-refractivity contribution is 5.13. The van der Waals surface area contributed by atoms with Crippen molar-refractivity contribution in [2.24, 2.45) is 11.8 Å². The summed E-state index contributed by atoms with van der Waals surface area (Å²) in [5, 5.41) is 10.7. The maximum Gasteiger partial charge on any atom is 0.0901 e. The van der Waals surface area contributed by atoms with Crippen molar-refractivity contribution in [3.63, 3.8) is 0 Å². The van der Waals surface area contributed by atoms with Crippen LogP contribution in [0.5, 0.6) is 0 Å². The standard InChI is InChI=1S/C20H28O2/c1-3-17(4-2)19(21)20(18-13-9-6-10-14-18)22-15-16-11-7-5-8-12-16/h3-5,7-8,11-12,17-21H,1-2,6,9-10,13-15H2/t19-,20-/m1/s1. The third-order valence-corrected chi connectivity index (χ3v) is 4.68. The SMILES string of the molecule is C=CC(C=C)[C@@H](O)[C@H](OCc1ccccc1)C1CCCCC1. The van der Waals surface area contributed by atoms with Gasteiger partial charge in [0.15, 0.2) is 0 Å². The fraction of sp³-hybridized carbons (Fsp3) is 0.500. The van der Waals surface area contributed by atoms with Crippen LogP contribution in [-0.4, -0.2) is 17.3 Å². The van der Waals surface area contributed by atoms with Crippen LogP contribution in [-0.2, 0) is 11.3 Å². The number of rotatable bonds is 8. The van der Waals surface area contributed by atoms with E-state index in [2.05, 4.69) is 25.3 Å². The fourth-order valence-electron chi connectivity index (χ4n) is 3.34. The van der Waals surface area contributed by atoms with E-state index in [1.165, 1.54) is 19.3 Å². The molecule has 2 atom stereocenters. The molecule has 2 nitrogen and oxygen atoms in total. The summed E-state index contributed by atoms with van der Waals surface area (Å²) in [7, 11) is 0. The highest BCUT2D eigenvalue weighted by atomic mass is 16.5. The first-order valence-corrected chi connectivity index (χ1v) is 8.35. The van der Waals surface area contributed by atoms with E-state index < -0.39 is 6.10 Å². The molecule has 1 aliphatic carbocycles. The van der Waals surface area contributed by atoms with Gasteiger partial charge >= 0.3 is 0 Å². The number of benzene rings is 1. The summed E-state index contributed by atoms with van der Waals surface area (Å²) in [5.74, 6) is 0.303. The van der Waals surface area contributed by atoms with Gasteiger partial charge in [0, 0.05) is 5.92 Å². The Morgan fingerprint density at radius 1 is 1.09 bits per heavy atom. The molecule has 1 N–H and O–H groups in total. The zero-order chi connectivity index (χ0) is 15.8. The highest BCUT2D eigenvalue weighted by Crippen LogP contribution is 2.32. The molecule has 0 amide bonds. The van der Waals surface area contributed by atoms with E-state index in [1.807, 2.05) is 18.2 Å². The van der Waals surface area contributed by atoms with E-state index in [0.717, 1.165) is 18.4 Å². The van der Waals surface area contributed by atoms with Gasteiger partial charge in [-0.1, -0.05) is 61.7 Å². The largest absolute Gasteiger partial charge is 0.389 e. The Hall–Kier alpha value is -1.38. The van der Waals surface area contributed by atoms with Gasteiger partial charge < -0.3 is 9.84 Å². The molecule has 1 saturated carbocycles. The van der Waals surface area contributed by atoms with Gasteiger partial charge in [0.05, 0.1) is 18.8 Å². The normalized spacial score (nSPS) is 18.8.